The summed E-state index contributed by atoms with van der Waals surface area (Å²) in [7, 11) is 10.7. The molecule has 63 heavy (non-hydrogen) atoms. The number of hydrogen-bond acceptors (Lipinski definition) is 14. The fraction of sp³-hybridized carbons (Fsp3) is 0.796. The number of para-hydroxylation sites is 1. The minimum atomic E-state index is -0.850. The number of carbonyl (C=O) groups excluding carboxylic acids is 2. The molecule has 0 radical (unpaired) electrons. The van der Waals surface area contributed by atoms with Crippen molar-refractivity contribution in [1.82, 2.24) is 4.90 Å². The maximum absolute atomic E-state index is 15.3. The zero-order chi connectivity index (χ0) is 45.3. The molecular formula is C49H76N2O12. The van der Waals surface area contributed by atoms with Crippen LogP contribution in [-0.2, 0) is 47.5 Å². The van der Waals surface area contributed by atoms with Crippen LogP contribution in [0, 0.1) is 42.4 Å². The number of Topliss-reactive ketones (excluding diaryl/α,β-unsaturated/α-hetero) is 1. The number of ether oxygens (including phenoxy) is 9. The summed E-state index contributed by atoms with van der Waals surface area (Å²) in [5.41, 5.74) is 2.36. The number of likely N-dealkylation sites (N-methyl/N-ethyl adjacent to an activating group) is 1. The highest BCUT2D eigenvalue weighted by atomic mass is 16.7. The molecule has 354 valence electrons. The quantitative estimate of drug-likeness (QED) is 0.233. The molecule has 3 aliphatic heterocycles. The standard InChI is InChI=1S/C49H76N2O12/c1-12-29-16-14-17-37(63-40-20-19-36(51(6)7)27(4)59-40)26(3)44(53)35-23-32-31-21-30(62-49-48(58-11)47(57-10)46(56-9)28(5)60-49)22-34(31)45(54)43(41(32)33(35)24-39(52)61-29)50-42-25(2)15-13-18-38(42)55-8/h13,15,18,23,26-34,36-37,40-41,43,45-50,54H,12,14,16-17,19-22,24H2,1-11H3/t26-,27?,28?,29+,30+,31+,32+,33-,34-,36+,37+,40+,41-,43-,45-,46+,47?,48?,49+/m1/s1. The number of anilines is 1. The molecule has 3 saturated heterocycles. The third-order valence-corrected chi connectivity index (χ3v) is 15.7. The molecule has 14 heteroatoms. The maximum Gasteiger partial charge on any atom is 0.306 e. The molecule has 0 aromatic heterocycles. The first-order valence-corrected chi connectivity index (χ1v) is 23.6. The number of carbonyl (C=O) groups is 2. The number of allylic oxidation sites excluding steroid dienone is 2. The summed E-state index contributed by atoms with van der Waals surface area (Å²) in [6.45, 7) is 10.1. The predicted molar refractivity (Wildman–Crippen MR) is 236 cm³/mol. The fourth-order valence-corrected chi connectivity index (χ4v) is 12.4. The zero-order valence-corrected chi connectivity index (χ0v) is 39.5. The van der Waals surface area contributed by atoms with E-state index in [9.17, 15) is 9.90 Å². The fourth-order valence-electron chi connectivity index (χ4n) is 12.4. The third-order valence-electron chi connectivity index (χ3n) is 15.7. The van der Waals surface area contributed by atoms with E-state index in [1.165, 1.54) is 0 Å². The van der Waals surface area contributed by atoms with Gasteiger partial charge in [-0.25, -0.2) is 0 Å². The van der Waals surface area contributed by atoms with E-state index in [2.05, 4.69) is 37.3 Å². The number of methoxy groups -OCH3 is 4. The normalized spacial score (nSPS) is 42.3. The van der Waals surface area contributed by atoms with Crippen LogP contribution in [0.25, 0.3) is 0 Å². The highest BCUT2D eigenvalue weighted by molar-refractivity contribution is 5.99. The second-order valence-electron chi connectivity index (χ2n) is 19.4. The van der Waals surface area contributed by atoms with Gasteiger partial charge in [-0.2, -0.15) is 0 Å². The van der Waals surface area contributed by atoms with Gasteiger partial charge in [0.25, 0.3) is 0 Å². The summed E-state index contributed by atoms with van der Waals surface area (Å²) < 4.78 is 56.2. The van der Waals surface area contributed by atoms with Gasteiger partial charge in [0, 0.05) is 39.2 Å². The van der Waals surface area contributed by atoms with Gasteiger partial charge in [-0.1, -0.05) is 32.1 Å². The number of rotatable bonds is 12. The molecule has 1 aromatic carbocycles. The van der Waals surface area contributed by atoms with Crippen LogP contribution in [0.15, 0.2) is 29.8 Å². The van der Waals surface area contributed by atoms with Gasteiger partial charge in [-0.3, -0.25) is 9.59 Å². The van der Waals surface area contributed by atoms with Crippen molar-refractivity contribution in [2.45, 2.75) is 172 Å². The van der Waals surface area contributed by atoms with Crippen molar-refractivity contribution in [3.05, 3.63) is 35.4 Å². The van der Waals surface area contributed by atoms with Gasteiger partial charge in [0.2, 0.25) is 0 Å². The highest BCUT2D eigenvalue weighted by Crippen LogP contribution is 2.58. The first-order chi connectivity index (χ1) is 30.2. The number of aliphatic hydroxyl groups is 1. The van der Waals surface area contributed by atoms with Crippen LogP contribution >= 0.6 is 0 Å². The SMILES string of the molecule is CC[C@H]1CCC[C@H](O[C@H]2CC[C@H](N(C)C)C(C)O2)[C@@H](C)C(=O)C2=C[C@H]3[C@@H]4C[C@H](O[C@@H]5OC(C)[C@H](OC)C(OC)C5OC)C[C@H]4[C@@H](O)[C@H](Nc4c(C)cccc4OC)[C@H]3[C@@H]2CC(=O)O1. The molecule has 5 fully saturated rings. The van der Waals surface area contributed by atoms with Gasteiger partial charge in [-0.05, 0) is 127 Å². The number of nitrogens with zero attached hydrogens (tertiary/aromatic N) is 1. The second-order valence-corrected chi connectivity index (χ2v) is 19.4. The van der Waals surface area contributed by atoms with E-state index in [1.807, 2.05) is 45.9 Å². The lowest BCUT2D eigenvalue weighted by molar-refractivity contribution is -0.314. The Bertz CT molecular complexity index is 1740. The molecule has 19 atom stereocenters. The number of aryl methyl sites for hydroxylation is 1. The topological polar surface area (TPSA) is 153 Å². The number of fused-ring (bicyclic) bond motifs is 5. The summed E-state index contributed by atoms with van der Waals surface area (Å²) in [6.07, 6.45) is 3.21. The van der Waals surface area contributed by atoms with E-state index in [1.54, 1.807) is 28.4 Å². The minimum Gasteiger partial charge on any atom is -0.495 e. The van der Waals surface area contributed by atoms with Crippen LogP contribution in [0.4, 0.5) is 5.69 Å². The van der Waals surface area contributed by atoms with Gasteiger partial charge in [-0.15, -0.1) is 0 Å². The predicted octanol–water partition coefficient (Wildman–Crippen LogP) is 6.09. The van der Waals surface area contributed by atoms with Crippen molar-refractivity contribution in [2.24, 2.45) is 35.5 Å². The lowest BCUT2D eigenvalue weighted by Gasteiger charge is -2.48. The van der Waals surface area contributed by atoms with Crippen LogP contribution in [-0.4, -0.2) is 144 Å². The van der Waals surface area contributed by atoms with E-state index >= 15 is 4.79 Å². The number of aliphatic hydroxyl groups excluding tert-OH is 1. The van der Waals surface area contributed by atoms with Crippen LogP contribution in [0.3, 0.4) is 0 Å². The van der Waals surface area contributed by atoms with Crippen molar-refractivity contribution in [1.29, 1.82) is 0 Å². The van der Waals surface area contributed by atoms with E-state index in [-0.39, 0.29) is 72.4 Å². The molecule has 0 amide bonds. The van der Waals surface area contributed by atoms with Gasteiger partial charge in [0.15, 0.2) is 18.4 Å². The number of hydrogen-bond donors (Lipinski definition) is 2. The number of nitrogens with one attached hydrogen (secondary N) is 1. The Morgan fingerprint density at radius 2 is 1.60 bits per heavy atom. The Labute approximate surface area is 375 Å². The van der Waals surface area contributed by atoms with E-state index in [4.69, 9.17) is 42.6 Å². The first kappa shape index (κ1) is 48.3. The van der Waals surface area contributed by atoms with Gasteiger partial charge >= 0.3 is 5.97 Å². The second kappa shape index (κ2) is 20.9. The zero-order valence-electron chi connectivity index (χ0n) is 39.5. The number of ketones is 1. The van der Waals surface area contributed by atoms with Crippen molar-refractivity contribution in [3.8, 4) is 5.75 Å². The summed E-state index contributed by atoms with van der Waals surface area (Å²) in [5, 5.41) is 16.5. The molecule has 14 nitrogen and oxygen atoms in total. The molecule has 1 aromatic rings. The molecule has 0 bridgehead atoms. The largest absolute Gasteiger partial charge is 0.495 e. The van der Waals surface area contributed by atoms with Gasteiger partial charge in [0.1, 0.15) is 30.2 Å². The van der Waals surface area contributed by atoms with Crippen molar-refractivity contribution in [3.63, 3.8) is 0 Å². The molecule has 4 unspecified atom stereocenters. The number of esters is 1. The molecule has 7 rings (SSSR count). The Morgan fingerprint density at radius 1 is 0.873 bits per heavy atom. The van der Waals surface area contributed by atoms with Crippen LogP contribution in [0.5, 0.6) is 5.75 Å². The number of cyclic esters (lactones) is 1. The molecule has 2 N–H and O–H groups in total. The smallest absolute Gasteiger partial charge is 0.306 e. The number of benzene rings is 1. The molecule has 6 aliphatic rings. The monoisotopic (exact) mass is 885 g/mol. The molecule has 0 spiro atoms. The summed E-state index contributed by atoms with van der Waals surface area (Å²) >= 11 is 0. The Balaban J connectivity index is 1.24. The average molecular weight is 885 g/mol. The summed E-state index contributed by atoms with van der Waals surface area (Å²) in [4.78, 5) is 31.6. The highest BCUT2D eigenvalue weighted by Gasteiger charge is 2.60. The van der Waals surface area contributed by atoms with E-state index in [0.717, 1.165) is 30.5 Å². The Kier molecular flexibility index (Phi) is 16.0. The maximum atomic E-state index is 15.3. The van der Waals surface area contributed by atoms with Crippen LogP contribution < -0.4 is 10.1 Å². The first-order valence-electron chi connectivity index (χ1n) is 23.6. The molecule has 3 aliphatic carbocycles. The van der Waals surface area contributed by atoms with Crippen molar-refractivity contribution in [2.75, 3.05) is 47.9 Å². The van der Waals surface area contributed by atoms with Gasteiger partial charge < -0.3 is 58.0 Å². The van der Waals surface area contributed by atoms with E-state index in [0.29, 0.717) is 49.5 Å². The Morgan fingerprint density at radius 3 is 2.27 bits per heavy atom. The van der Waals surface area contributed by atoms with Crippen LogP contribution in [0.1, 0.15) is 91.0 Å². The Hall–Kier alpha value is -2.66. The summed E-state index contributed by atoms with van der Waals surface area (Å²) in [5.74, 6) is -1.42. The molecular weight excluding hydrogens is 809 g/mol. The lowest BCUT2D eigenvalue weighted by Crippen LogP contribution is -2.59. The lowest BCUT2D eigenvalue weighted by atomic mass is 9.62. The summed E-state index contributed by atoms with van der Waals surface area (Å²) in [6, 6.07) is 5.61. The van der Waals surface area contributed by atoms with E-state index < -0.39 is 54.9 Å². The minimum absolute atomic E-state index is 0.0167. The molecule has 3 heterocycles. The van der Waals surface area contributed by atoms with Crippen molar-refractivity contribution < 1.29 is 57.3 Å². The van der Waals surface area contributed by atoms with Crippen molar-refractivity contribution >= 4 is 17.4 Å². The third kappa shape index (κ3) is 9.91. The van der Waals surface area contributed by atoms with Crippen LogP contribution in [0.2, 0.25) is 0 Å². The van der Waals surface area contributed by atoms with Gasteiger partial charge in [0.05, 0.1) is 55.8 Å². The molecule has 2 saturated carbocycles. The average Bonchev–Trinajstić information content (AvgIpc) is 3.85.